The molecule has 7 nitrogen and oxygen atoms in total. The second-order valence-corrected chi connectivity index (χ2v) is 9.79. The van der Waals surface area contributed by atoms with Crippen molar-refractivity contribution in [2.75, 3.05) is 6.61 Å². The summed E-state index contributed by atoms with van der Waals surface area (Å²) in [6, 6.07) is 0. The number of hydrogen-bond acceptors (Lipinski definition) is 7. The summed E-state index contributed by atoms with van der Waals surface area (Å²) < 4.78 is 28.1. The Morgan fingerprint density at radius 3 is 1.34 bits per heavy atom. The molecule has 0 aromatic rings. The first-order valence-corrected chi connectivity index (χ1v) is 13.1. The van der Waals surface area contributed by atoms with Crippen LogP contribution in [0.2, 0.25) is 0 Å². The summed E-state index contributed by atoms with van der Waals surface area (Å²) in [4.78, 5) is 21.3. The summed E-state index contributed by atoms with van der Waals surface area (Å²) in [5, 5.41) is 19.0. The van der Waals surface area contributed by atoms with E-state index in [1.807, 2.05) is 0 Å². The Kier molecular flexibility index (Phi) is 29.2. The van der Waals surface area contributed by atoms with Gasteiger partial charge in [-0.2, -0.15) is 8.42 Å². The third-order valence-corrected chi connectivity index (χ3v) is 6.76. The van der Waals surface area contributed by atoms with Gasteiger partial charge in [-0.3, -0.25) is 4.18 Å². The number of carboxylic acids is 2. The first kappa shape index (κ1) is 37.4. The Labute approximate surface area is 239 Å². The van der Waals surface area contributed by atoms with E-state index in [0.29, 0.717) is 6.42 Å². The Hall–Kier alpha value is 0.850. The number of carbonyl (C=O) groups is 2. The molecule has 10 heteroatoms. The van der Waals surface area contributed by atoms with Gasteiger partial charge in [0.2, 0.25) is 0 Å². The second-order valence-electron chi connectivity index (χ2n) is 8.00. The molecule has 0 aliphatic rings. The zero-order valence-electron chi connectivity index (χ0n) is 20.6. The predicted octanol–water partition coefficient (Wildman–Crippen LogP) is -3.14. The van der Waals surface area contributed by atoms with Gasteiger partial charge in [-0.15, -0.1) is 0 Å². The molecule has 0 bridgehead atoms. The van der Waals surface area contributed by atoms with Crippen LogP contribution in [0, 0.1) is 0 Å². The van der Waals surface area contributed by atoms with Gasteiger partial charge in [-0.25, -0.2) is 0 Å². The van der Waals surface area contributed by atoms with Gasteiger partial charge in [0.15, 0.2) is 0 Å². The molecule has 178 valence electrons. The van der Waals surface area contributed by atoms with Gasteiger partial charge in [0.05, 0.1) is 12.6 Å². The van der Waals surface area contributed by atoms with Crippen molar-refractivity contribution in [3.05, 3.63) is 0 Å². The zero-order chi connectivity index (χ0) is 22.7. The Bertz CT molecular complexity index is 556. The number of hydrogen-bond donors (Lipinski definition) is 0. The third kappa shape index (κ3) is 22.6. The van der Waals surface area contributed by atoms with Gasteiger partial charge in [-0.05, 0) is 6.42 Å². The molecule has 0 N–H and O–H groups in total. The summed E-state index contributed by atoms with van der Waals surface area (Å²) in [6.07, 6.45) is 17.9. The van der Waals surface area contributed by atoms with Gasteiger partial charge in [0, 0.05) is 12.4 Å². The number of unbranched alkanes of at least 4 members (excludes halogenated alkanes) is 15. The van der Waals surface area contributed by atoms with E-state index in [-0.39, 0.29) is 65.7 Å². The fourth-order valence-electron chi connectivity index (χ4n) is 3.36. The minimum absolute atomic E-state index is 0. The molecule has 0 amide bonds. The number of aliphatic carboxylic acids is 2. The van der Waals surface area contributed by atoms with Crippen molar-refractivity contribution in [1.29, 1.82) is 0 Å². The zero-order valence-corrected chi connectivity index (χ0v) is 25.4. The summed E-state index contributed by atoms with van der Waals surface area (Å²) in [7, 11) is -4.52. The molecular weight excluding hydrogens is 454 g/mol. The van der Waals surface area contributed by atoms with E-state index in [1.54, 1.807) is 0 Å². The predicted molar refractivity (Wildman–Crippen MR) is 113 cm³/mol. The van der Waals surface area contributed by atoms with Gasteiger partial charge < -0.3 is 19.8 Å². The van der Waals surface area contributed by atoms with E-state index < -0.39 is 33.7 Å². The maximum absolute atomic E-state index is 11.7. The average molecular weight is 495 g/mol. The minimum Gasteiger partial charge on any atom is -0.550 e. The molecule has 0 fully saturated rings. The fourth-order valence-corrected chi connectivity index (χ4v) is 4.45. The van der Waals surface area contributed by atoms with Crippen LogP contribution in [0.5, 0.6) is 0 Å². The maximum atomic E-state index is 11.7. The molecule has 0 saturated heterocycles. The number of carboxylic acid groups (broad SMARTS) is 2. The molecule has 0 spiro atoms. The Morgan fingerprint density at radius 1 is 0.688 bits per heavy atom. The first-order chi connectivity index (χ1) is 14.3. The summed E-state index contributed by atoms with van der Waals surface area (Å²) in [6.45, 7) is 2.08. The van der Waals surface area contributed by atoms with E-state index in [2.05, 4.69) is 11.1 Å². The molecule has 0 heterocycles. The molecular formula is C22H40Na2O7S. The van der Waals surface area contributed by atoms with Crippen molar-refractivity contribution in [2.45, 2.75) is 121 Å². The van der Waals surface area contributed by atoms with Crippen molar-refractivity contribution < 1.29 is 91.5 Å². The molecule has 32 heavy (non-hydrogen) atoms. The van der Waals surface area contributed by atoms with Gasteiger partial charge in [0.25, 0.3) is 10.1 Å². The van der Waals surface area contributed by atoms with E-state index in [9.17, 15) is 28.2 Å². The van der Waals surface area contributed by atoms with E-state index in [1.165, 1.54) is 70.6 Å². The SMILES string of the molecule is CCCCCCCCCCCCCCCCCCOS(=O)(=O)C(CC(=O)[O-])C(=O)[O-].[Na+].[Na+]. The summed E-state index contributed by atoms with van der Waals surface area (Å²) in [5.74, 6) is -3.77. The topological polar surface area (TPSA) is 124 Å². The molecule has 0 saturated carbocycles. The van der Waals surface area contributed by atoms with Crippen molar-refractivity contribution in [3.8, 4) is 0 Å². The molecule has 1 atom stereocenters. The Balaban J connectivity index is -0.00000420. The van der Waals surface area contributed by atoms with Crippen molar-refractivity contribution in [3.63, 3.8) is 0 Å². The van der Waals surface area contributed by atoms with E-state index >= 15 is 0 Å². The smallest absolute Gasteiger partial charge is 0.550 e. The molecule has 0 rings (SSSR count). The second kappa shape index (κ2) is 25.0. The van der Waals surface area contributed by atoms with E-state index in [0.717, 1.165) is 25.7 Å². The van der Waals surface area contributed by atoms with Crippen LogP contribution in [0.4, 0.5) is 0 Å². The van der Waals surface area contributed by atoms with E-state index in [4.69, 9.17) is 0 Å². The van der Waals surface area contributed by atoms with Crippen LogP contribution in [0.3, 0.4) is 0 Å². The first-order valence-electron chi connectivity index (χ1n) is 11.6. The minimum atomic E-state index is -4.52. The quantitative estimate of drug-likeness (QED) is 0.0885. The van der Waals surface area contributed by atoms with Crippen molar-refractivity contribution >= 4 is 22.1 Å². The molecule has 0 radical (unpaired) electrons. The van der Waals surface area contributed by atoms with Crippen LogP contribution >= 0.6 is 0 Å². The van der Waals surface area contributed by atoms with Crippen LogP contribution < -0.4 is 69.3 Å². The molecule has 0 aromatic carbocycles. The van der Waals surface area contributed by atoms with Crippen LogP contribution in [0.25, 0.3) is 0 Å². The normalized spacial score (nSPS) is 11.9. The fraction of sp³-hybridized carbons (Fsp3) is 0.909. The van der Waals surface area contributed by atoms with Crippen LogP contribution in [-0.4, -0.2) is 32.2 Å². The molecule has 1 unspecified atom stereocenters. The van der Waals surface area contributed by atoms with Crippen LogP contribution in [-0.2, 0) is 23.9 Å². The van der Waals surface area contributed by atoms with Crippen molar-refractivity contribution in [2.24, 2.45) is 0 Å². The van der Waals surface area contributed by atoms with Gasteiger partial charge >= 0.3 is 59.1 Å². The maximum Gasteiger partial charge on any atom is 1.00 e. The van der Waals surface area contributed by atoms with Gasteiger partial charge in [0.1, 0.15) is 5.25 Å². The Morgan fingerprint density at radius 2 is 1.03 bits per heavy atom. The van der Waals surface area contributed by atoms with Gasteiger partial charge in [-0.1, -0.05) is 103 Å². The number of carbonyl (C=O) groups excluding carboxylic acids is 2. The van der Waals surface area contributed by atoms with Crippen molar-refractivity contribution in [1.82, 2.24) is 0 Å². The monoisotopic (exact) mass is 494 g/mol. The van der Waals surface area contributed by atoms with Crippen LogP contribution in [0.15, 0.2) is 0 Å². The molecule has 0 aliphatic heterocycles. The van der Waals surface area contributed by atoms with Crippen LogP contribution in [0.1, 0.15) is 116 Å². The third-order valence-electron chi connectivity index (χ3n) is 5.21. The number of rotatable bonds is 22. The molecule has 0 aromatic heterocycles. The average Bonchev–Trinajstić information content (AvgIpc) is 2.68. The standard InChI is InChI=1S/C22H42O7S.2Na/c1-2-3-4-5-6-7-8-9-10-11-12-13-14-15-16-17-18-29-30(27,28)20(22(25)26)19-21(23)24;;/h20H,2-19H2,1H3,(H,23,24)(H,25,26);;/q;2*+1/p-2. The molecule has 0 aliphatic carbocycles. The largest absolute Gasteiger partial charge is 1.00 e. The summed E-state index contributed by atoms with van der Waals surface area (Å²) >= 11 is 0. The summed E-state index contributed by atoms with van der Waals surface area (Å²) in [5.41, 5.74) is 0.